The van der Waals surface area contributed by atoms with Gasteiger partial charge in [-0.05, 0) is 49.1 Å². The molecule has 3 rings (SSSR count). The highest BCUT2D eigenvalue weighted by Gasteiger charge is 2.42. The van der Waals surface area contributed by atoms with Crippen molar-refractivity contribution < 1.29 is 14.3 Å². The number of piperidine rings is 1. The van der Waals surface area contributed by atoms with Gasteiger partial charge in [0.1, 0.15) is 11.3 Å². The van der Waals surface area contributed by atoms with Gasteiger partial charge in [-0.3, -0.25) is 0 Å². The molecule has 1 fully saturated rings. The molecule has 0 amide bonds. The number of para-hydroxylation sites is 1. The number of hydrogen-bond acceptors (Lipinski definition) is 5. The van der Waals surface area contributed by atoms with Crippen molar-refractivity contribution in [2.24, 2.45) is 0 Å². The quantitative estimate of drug-likeness (QED) is 0.760. The zero-order valence-electron chi connectivity index (χ0n) is 16.1. The topological polar surface area (TPSA) is 50.8 Å². The minimum absolute atomic E-state index is 0.179. The van der Waals surface area contributed by atoms with Crippen LogP contribution >= 0.6 is 0 Å². The van der Waals surface area contributed by atoms with Crippen LogP contribution in [-0.4, -0.2) is 50.3 Å². The molecule has 0 saturated carbocycles. The van der Waals surface area contributed by atoms with Crippen LogP contribution < -0.4 is 10.1 Å². The molecular weight excluding hydrogens is 340 g/mol. The predicted octanol–water partition coefficient (Wildman–Crippen LogP) is 3.36. The average molecular weight is 368 g/mol. The molecule has 1 N–H and O–H groups in total. The first-order chi connectivity index (χ1) is 13.1. The smallest absolute Gasteiger partial charge is 0.331 e. The molecule has 144 valence electrons. The summed E-state index contributed by atoms with van der Waals surface area (Å²) >= 11 is 0. The van der Waals surface area contributed by atoms with E-state index in [0.29, 0.717) is 0 Å². The predicted molar refractivity (Wildman–Crippen MR) is 107 cm³/mol. The first-order valence-corrected chi connectivity index (χ1v) is 9.42. The molecule has 5 heteroatoms. The molecule has 5 nitrogen and oxygen atoms in total. The molecule has 2 aromatic carbocycles. The van der Waals surface area contributed by atoms with Gasteiger partial charge in [0.2, 0.25) is 0 Å². The van der Waals surface area contributed by atoms with E-state index in [1.807, 2.05) is 42.5 Å². The highest BCUT2D eigenvalue weighted by atomic mass is 16.5. The van der Waals surface area contributed by atoms with E-state index in [1.165, 1.54) is 12.7 Å². The summed E-state index contributed by atoms with van der Waals surface area (Å²) in [6, 6.07) is 18.1. The number of methoxy groups -OCH3 is 2. The van der Waals surface area contributed by atoms with Crippen LogP contribution in [0.2, 0.25) is 0 Å². The van der Waals surface area contributed by atoms with Gasteiger partial charge >= 0.3 is 5.97 Å². The summed E-state index contributed by atoms with van der Waals surface area (Å²) in [7, 11) is 3.15. The first-order valence-electron chi connectivity index (χ1n) is 9.42. The molecule has 1 heterocycles. The minimum atomic E-state index is -0.646. The number of nitrogens with one attached hydrogen (secondary N) is 1. The Morgan fingerprint density at radius 3 is 2.30 bits per heavy atom. The average Bonchev–Trinajstić information content (AvgIpc) is 2.73. The second-order valence-electron chi connectivity index (χ2n) is 7.00. The van der Waals surface area contributed by atoms with Gasteiger partial charge in [0.25, 0.3) is 0 Å². The van der Waals surface area contributed by atoms with Crippen molar-refractivity contribution in [1.29, 1.82) is 0 Å². The number of rotatable bonds is 7. The van der Waals surface area contributed by atoms with Gasteiger partial charge in [-0.25, -0.2) is 4.79 Å². The summed E-state index contributed by atoms with van der Waals surface area (Å²) in [5.41, 5.74) is 1.60. The zero-order valence-corrected chi connectivity index (χ0v) is 16.1. The number of ether oxygens (including phenoxy) is 2. The highest BCUT2D eigenvalue weighted by molar-refractivity contribution is 5.84. The lowest BCUT2D eigenvalue weighted by atomic mass is 9.86. The van der Waals surface area contributed by atoms with E-state index in [1.54, 1.807) is 7.11 Å². The Bertz CT molecular complexity index is 723. The molecule has 0 radical (unpaired) electrons. The van der Waals surface area contributed by atoms with Crippen LogP contribution in [0.1, 0.15) is 18.4 Å². The Labute approximate surface area is 161 Å². The summed E-state index contributed by atoms with van der Waals surface area (Å²) in [4.78, 5) is 14.9. The fourth-order valence-electron chi connectivity index (χ4n) is 3.61. The number of nitrogens with zero attached hydrogens (tertiary/aromatic N) is 1. The first kappa shape index (κ1) is 19.2. The minimum Gasteiger partial charge on any atom is -0.497 e. The Balaban J connectivity index is 1.57. The second-order valence-corrected chi connectivity index (χ2v) is 7.00. The van der Waals surface area contributed by atoms with Crippen molar-refractivity contribution in [1.82, 2.24) is 4.90 Å². The SMILES string of the molecule is COC(=O)C1(Nc2ccccc2)CCN(CCc2ccc(OC)cc2)CC1. The number of anilines is 1. The molecule has 0 atom stereocenters. The number of carbonyl (C=O) groups excluding carboxylic acids is 1. The molecule has 27 heavy (non-hydrogen) atoms. The summed E-state index contributed by atoms with van der Waals surface area (Å²) in [5.74, 6) is 0.702. The maximum atomic E-state index is 12.5. The van der Waals surface area contributed by atoms with Gasteiger partial charge in [-0.15, -0.1) is 0 Å². The van der Waals surface area contributed by atoms with Crippen LogP contribution in [0.3, 0.4) is 0 Å². The largest absolute Gasteiger partial charge is 0.497 e. The van der Waals surface area contributed by atoms with E-state index >= 15 is 0 Å². The lowest BCUT2D eigenvalue weighted by Gasteiger charge is -2.40. The van der Waals surface area contributed by atoms with E-state index in [9.17, 15) is 4.79 Å². The Morgan fingerprint density at radius 1 is 1.04 bits per heavy atom. The van der Waals surface area contributed by atoms with Crippen LogP contribution in [0.15, 0.2) is 54.6 Å². The zero-order chi connectivity index (χ0) is 19.1. The number of esters is 1. The van der Waals surface area contributed by atoms with E-state index < -0.39 is 5.54 Å². The molecule has 0 bridgehead atoms. The lowest BCUT2D eigenvalue weighted by Crippen LogP contribution is -2.55. The Kier molecular flexibility index (Phi) is 6.35. The Hall–Kier alpha value is -2.53. The van der Waals surface area contributed by atoms with Crippen LogP contribution in [0.5, 0.6) is 5.75 Å². The van der Waals surface area contributed by atoms with Crippen LogP contribution in [0.4, 0.5) is 5.69 Å². The van der Waals surface area contributed by atoms with Gasteiger partial charge in [-0.2, -0.15) is 0 Å². The maximum absolute atomic E-state index is 12.5. The van der Waals surface area contributed by atoms with Crippen LogP contribution in [0.25, 0.3) is 0 Å². The van der Waals surface area contributed by atoms with Crippen molar-refractivity contribution in [3.8, 4) is 5.75 Å². The molecule has 0 unspecified atom stereocenters. The third-order valence-corrected chi connectivity index (χ3v) is 5.32. The van der Waals surface area contributed by atoms with Crippen molar-refractivity contribution in [3.05, 3.63) is 60.2 Å². The summed E-state index contributed by atoms with van der Waals surface area (Å²) < 4.78 is 10.3. The van der Waals surface area contributed by atoms with E-state index in [4.69, 9.17) is 9.47 Å². The Morgan fingerprint density at radius 2 is 1.70 bits per heavy atom. The van der Waals surface area contributed by atoms with Gasteiger partial charge in [0, 0.05) is 25.3 Å². The third kappa shape index (κ3) is 4.80. The molecule has 0 aromatic heterocycles. The molecule has 1 aliphatic heterocycles. The fourth-order valence-corrected chi connectivity index (χ4v) is 3.61. The summed E-state index contributed by atoms with van der Waals surface area (Å²) in [6.07, 6.45) is 2.45. The normalized spacial score (nSPS) is 16.5. The molecular formula is C22H28N2O3. The lowest BCUT2D eigenvalue weighted by molar-refractivity contribution is -0.147. The van der Waals surface area contributed by atoms with Crippen LogP contribution in [0, 0.1) is 0 Å². The second kappa shape index (κ2) is 8.91. The van der Waals surface area contributed by atoms with E-state index in [0.717, 1.165) is 50.3 Å². The standard InChI is InChI=1S/C22H28N2O3/c1-26-20-10-8-18(9-11-20)12-15-24-16-13-22(14-17-24,21(25)27-2)23-19-6-4-3-5-7-19/h3-11,23H,12-17H2,1-2H3. The molecule has 1 aliphatic rings. The molecule has 0 aliphatic carbocycles. The monoisotopic (exact) mass is 368 g/mol. The number of hydrogen-bond donors (Lipinski definition) is 1. The van der Waals surface area contributed by atoms with Gasteiger partial charge in [-0.1, -0.05) is 30.3 Å². The number of carbonyl (C=O) groups is 1. The van der Waals surface area contributed by atoms with E-state index in [2.05, 4.69) is 22.3 Å². The maximum Gasteiger partial charge on any atom is 0.331 e. The van der Waals surface area contributed by atoms with Crippen molar-refractivity contribution >= 4 is 11.7 Å². The third-order valence-electron chi connectivity index (χ3n) is 5.32. The van der Waals surface area contributed by atoms with Gasteiger partial charge < -0.3 is 19.7 Å². The van der Waals surface area contributed by atoms with Crippen molar-refractivity contribution in [2.45, 2.75) is 24.8 Å². The van der Waals surface area contributed by atoms with Gasteiger partial charge in [0.15, 0.2) is 0 Å². The summed E-state index contributed by atoms with van der Waals surface area (Å²) in [6.45, 7) is 2.71. The van der Waals surface area contributed by atoms with Crippen molar-refractivity contribution in [2.75, 3.05) is 39.2 Å². The fraction of sp³-hybridized carbons (Fsp3) is 0.409. The molecule has 2 aromatic rings. The molecule has 0 spiro atoms. The van der Waals surface area contributed by atoms with Gasteiger partial charge in [0.05, 0.1) is 14.2 Å². The summed E-state index contributed by atoms with van der Waals surface area (Å²) in [5, 5.41) is 3.44. The van der Waals surface area contributed by atoms with Crippen molar-refractivity contribution in [3.63, 3.8) is 0 Å². The van der Waals surface area contributed by atoms with E-state index in [-0.39, 0.29) is 5.97 Å². The number of benzene rings is 2. The van der Waals surface area contributed by atoms with Crippen LogP contribution in [-0.2, 0) is 16.0 Å². The molecule has 1 saturated heterocycles. The highest BCUT2D eigenvalue weighted by Crippen LogP contribution is 2.28. The number of likely N-dealkylation sites (tertiary alicyclic amines) is 1.